The van der Waals surface area contributed by atoms with Gasteiger partial charge in [0.05, 0.1) is 30.5 Å². The molecule has 10 heteroatoms. The first-order valence-electron chi connectivity index (χ1n) is 8.51. The van der Waals surface area contributed by atoms with Gasteiger partial charge in [-0.05, 0) is 17.7 Å². The van der Waals surface area contributed by atoms with Crippen LogP contribution < -0.4 is 10.5 Å². The molecule has 0 radical (unpaired) electrons. The molecule has 2 aromatic heterocycles. The minimum absolute atomic E-state index is 0.0609. The number of nitrogens with zero attached hydrogens (tertiary/aromatic N) is 4. The molecule has 0 atom stereocenters. The molecule has 0 fully saturated rings. The lowest BCUT2D eigenvalue weighted by Gasteiger charge is -2.29. The molecular weight excluding hydrogens is 395 g/mol. The highest BCUT2D eigenvalue weighted by atomic mass is 35.5. The molecule has 0 spiro atoms. The molecule has 3 heterocycles. The van der Waals surface area contributed by atoms with Crippen molar-refractivity contribution in [2.24, 2.45) is 0 Å². The Morgan fingerprint density at radius 1 is 1.32 bits per heavy atom. The number of alkyl halides is 2. The van der Waals surface area contributed by atoms with E-state index in [2.05, 4.69) is 15.2 Å². The van der Waals surface area contributed by atoms with Crippen LogP contribution in [-0.4, -0.2) is 26.3 Å². The van der Waals surface area contributed by atoms with E-state index >= 15 is 0 Å². The van der Waals surface area contributed by atoms with E-state index in [0.717, 1.165) is 17.5 Å². The third kappa shape index (κ3) is 3.37. The Bertz CT molecular complexity index is 1080. The predicted molar refractivity (Wildman–Crippen MR) is 97.3 cm³/mol. The molecule has 146 valence electrons. The second-order valence-electron chi connectivity index (χ2n) is 6.48. The first kappa shape index (κ1) is 18.5. The monoisotopic (exact) mass is 409 g/mol. The van der Waals surface area contributed by atoms with Crippen molar-refractivity contribution in [3.8, 4) is 0 Å². The third-order valence-electron chi connectivity index (χ3n) is 4.79. The lowest BCUT2D eigenvalue weighted by Crippen LogP contribution is -2.32. The minimum atomic E-state index is -2.76. The summed E-state index contributed by atoms with van der Waals surface area (Å²) in [7, 11) is 0. The number of halogens is 4. The van der Waals surface area contributed by atoms with E-state index in [1.165, 1.54) is 18.3 Å². The normalized spacial score (nSPS) is 13.8. The van der Waals surface area contributed by atoms with Crippen LogP contribution in [0.25, 0.3) is 0 Å². The van der Waals surface area contributed by atoms with Crippen molar-refractivity contribution in [2.45, 2.75) is 25.9 Å². The van der Waals surface area contributed by atoms with Gasteiger partial charge in [-0.25, -0.2) is 23.3 Å². The molecule has 0 saturated carbocycles. The van der Waals surface area contributed by atoms with Gasteiger partial charge in [0.2, 0.25) is 0 Å². The maximum atomic E-state index is 13.3. The first-order valence-corrected chi connectivity index (χ1v) is 8.89. The standard InChI is InChI=1S/C18H15ClF3N5O/c19-16-15(6-24-25-18(16)28)26-4-3-14-13(8-26)23-9-27(14)7-10-1-2-11(20)5-12(10)17(21)22/h1-2,5-6,9,17H,3-4,7-8H2,(H,25,28). The number of benzene rings is 1. The lowest BCUT2D eigenvalue weighted by atomic mass is 10.1. The van der Waals surface area contributed by atoms with Gasteiger partial charge in [0.25, 0.3) is 12.0 Å². The number of nitrogens with one attached hydrogen (secondary N) is 1. The summed E-state index contributed by atoms with van der Waals surface area (Å²) in [5, 5.41) is 6.12. The largest absolute Gasteiger partial charge is 0.362 e. The molecule has 4 rings (SSSR count). The number of imidazole rings is 1. The van der Waals surface area contributed by atoms with Gasteiger partial charge in [-0.15, -0.1) is 0 Å². The van der Waals surface area contributed by atoms with Crippen molar-refractivity contribution in [3.05, 3.63) is 74.4 Å². The minimum Gasteiger partial charge on any atom is -0.362 e. The van der Waals surface area contributed by atoms with Crippen LogP contribution in [0.4, 0.5) is 18.9 Å². The fourth-order valence-electron chi connectivity index (χ4n) is 3.40. The summed E-state index contributed by atoms with van der Waals surface area (Å²) in [6, 6.07) is 3.42. The highest BCUT2D eigenvalue weighted by Crippen LogP contribution is 2.29. The van der Waals surface area contributed by atoms with Crippen LogP contribution in [-0.2, 0) is 19.5 Å². The van der Waals surface area contributed by atoms with Gasteiger partial charge in [0, 0.05) is 30.8 Å². The molecule has 1 aromatic carbocycles. The van der Waals surface area contributed by atoms with E-state index in [1.54, 1.807) is 10.9 Å². The number of aromatic amines is 1. The zero-order valence-corrected chi connectivity index (χ0v) is 15.3. The molecular formula is C18H15ClF3N5O. The van der Waals surface area contributed by atoms with Crippen LogP contribution in [0.3, 0.4) is 0 Å². The second kappa shape index (κ2) is 7.31. The Kier molecular flexibility index (Phi) is 4.84. The van der Waals surface area contributed by atoms with Crippen molar-refractivity contribution >= 4 is 17.3 Å². The van der Waals surface area contributed by atoms with Crippen LogP contribution in [0.2, 0.25) is 5.02 Å². The molecule has 1 aliphatic rings. The molecule has 6 nitrogen and oxygen atoms in total. The topological polar surface area (TPSA) is 66.8 Å². The van der Waals surface area contributed by atoms with Gasteiger partial charge < -0.3 is 9.47 Å². The van der Waals surface area contributed by atoms with Gasteiger partial charge in [-0.3, -0.25) is 4.79 Å². The van der Waals surface area contributed by atoms with E-state index in [1.807, 2.05) is 4.90 Å². The summed E-state index contributed by atoms with van der Waals surface area (Å²) in [5.41, 5.74) is 1.76. The van der Waals surface area contributed by atoms with Gasteiger partial charge in [-0.1, -0.05) is 17.7 Å². The van der Waals surface area contributed by atoms with Crippen molar-refractivity contribution in [2.75, 3.05) is 11.4 Å². The first-order chi connectivity index (χ1) is 13.4. The number of rotatable bonds is 4. The smallest absolute Gasteiger partial charge is 0.285 e. The number of hydrogen-bond acceptors (Lipinski definition) is 4. The number of hydrogen-bond donors (Lipinski definition) is 1. The fourth-order valence-corrected chi connectivity index (χ4v) is 3.61. The molecule has 0 bridgehead atoms. The maximum Gasteiger partial charge on any atom is 0.285 e. The van der Waals surface area contributed by atoms with Crippen molar-refractivity contribution in [3.63, 3.8) is 0 Å². The van der Waals surface area contributed by atoms with Crippen molar-refractivity contribution in [1.29, 1.82) is 0 Å². The number of anilines is 1. The van der Waals surface area contributed by atoms with E-state index in [9.17, 15) is 18.0 Å². The second-order valence-corrected chi connectivity index (χ2v) is 6.86. The summed E-state index contributed by atoms with van der Waals surface area (Å²) in [5.74, 6) is -0.689. The molecule has 28 heavy (non-hydrogen) atoms. The average molecular weight is 410 g/mol. The Labute approximate surface area is 162 Å². The number of fused-ring (bicyclic) bond motifs is 1. The number of aromatic nitrogens is 4. The molecule has 1 aliphatic heterocycles. The molecule has 3 aromatic rings. The predicted octanol–water partition coefficient (Wildman–Crippen LogP) is 3.31. The van der Waals surface area contributed by atoms with Crippen molar-refractivity contribution in [1.82, 2.24) is 19.7 Å². The van der Waals surface area contributed by atoms with Crippen LogP contribution in [0.15, 0.2) is 35.5 Å². The van der Waals surface area contributed by atoms with Crippen LogP contribution in [0.1, 0.15) is 28.9 Å². The summed E-state index contributed by atoms with van der Waals surface area (Å²) in [6.07, 6.45) is 0.902. The maximum absolute atomic E-state index is 13.3. The Morgan fingerprint density at radius 2 is 2.14 bits per heavy atom. The van der Waals surface area contributed by atoms with Crippen LogP contribution >= 0.6 is 11.6 Å². The van der Waals surface area contributed by atoms with E-state index in [0.29, 0.717) is 30.8 Å². The molecule has 0 amide bonds. The Morgan fingerprint density at radius 3 is 2.93 bits per heavy atom. The summed E-state index contributed by atoms with van der Waals surface area (Å²) >= 11 is 6.07. The Hall–Kier alpha value is -2.81. The SMILES string of the molecule is O=c1[nH]ncc(N2CCc3c(ncn3Cc3ccc(F)cc3C(F)F)C2)c1Cl. The lowest BCUT2D eigenvalue weighted by molar-refractivity contribution is 0.149. The molecule has 0 saturated heterocycles. The van der Waals surface area contributed by atoms with E-state index < -0.39 is 17.8 Å². The quantitative estimate of drug-likeness (QED) is 0.718. The van der Waals surface area contributed by atoms with Crippen LogP contribution in [0, 0.1) is 5.82 Å². The molecule has 0 unspecified atom stereocenters. The summed E-state index contributed by atoms with van der Waals surface area (Å²) in [4.78, 5) is 17.9. The summed E-state index contributed by atoms with van der Waals surface area (Å²) < 4.78 is 41.6. The highest BCUT2D eigenvalue weighted by Gasteiger charge is 2.24. The van der Waals surface area contributed by atoms with Gasteiger partial charge >= 0.3 is 0 Å². The van der Waals surface area contributed by atoms with Gasteiger partial charge in [0.15, 0.2) is 0 Å². The third-order valence-corrected chi connectivity index (χ3v) is 5.16. The van der Waals surface area contributed by atoms with Gasteiger partial charge in [-0.2, -0.15) is 5.10 Å². The van der Waals surface area contributed by atoms with E-state index in [4.69, 9.17) is 11.6 Å². The van der Waals surface area contributed by atoms with Gasteiger partial charge in [0.1, 0.15) is 10.8 Å². The average Bonchev–Trinajstić information content (AvgIpc) is 3.07. The molecule has 1 N–H and O–H groups in total. The fraction of sp³-hybridized carbons (Fsp3) is 0.278. The molecule has 0 aliphatic carbocycles. The summed E-state index contributed by atoms with van der Waals surface area (Å²) in [6.45, 7) is 1.16. The highest BCUT2D eigenvalue weighted by molar-refractivity contribution is 6.32. The van der Waals surface area contributed by atoms with Crippen molar-refractivity contribution < 1.29 is 13.2 Å². The Balaban J connectivity index is 1.60. The zero-order valence-electron chi connectivity index (χ0n) is 14.5. The number of H-pyrrole nitrogens is 1. The zero-order chi connectivity index (χ0) is 19.8. The van der Waals surface area contributed by atoms with Crippen LogP contribution in [0.5, 0.6) is 0 Å². The van der Waals surface area contributed by atoms with E-state index in [-0.39, 0.29) is 17.1 Å².